The first-order valence-electron chi connectivity index (χ1n) is 4.63. The van der Waals surface area contributed by atoms with Gasteiger partial charge in [-0.15, -0.1) is 0 Å². The van der Waals surface area contributed by atoms with Crippen LogP contribution in [0.3, 0.4) is 0 Å². The zero-order valence-electron chi connectivity index (χ0n) is 8.24. The van der Waals surface area contributed by atoms with Crippen molar-refractivity contribution in [2.45, 2.75) is 31.0 Å². The lowest BCUT2D eigenvalue weighted by Crippen LogP contribution is -2.50. The van der Waals surface area contributed by atoms with Gasteiger partial charge in [0, 0.05) is 12.6 Å². The van der Waals surface area contributed by atoms with E-state index in [1.807, 2.05) is 11.5 Å². The number of nitriles is 1. The molecule has 0 radical (unpaired) electrons. The van der Waals surface area contributed by atoms with Crippen LogP contribution in [0.1, 0.15) is 12.8 Å². The normalized spacial score (nSPS) is 26.1. The molecule has 0 aromatic rings. The number of halogens is 2. The fourth-order valence-corrected chi connectivity index (χ4v) is 1.27. The molecule has 1 saturated heterocycles. The third kappa shape index (κ3) is 3.37. The van der Waals surface area contributed by atoms with E-state index in [1.54, 1.807) is 0 Å². The van der Waals surface area contributed by atoms with E-state index in [-0.39, 0.29) is 12.6 Å². The molecule has 0 saturated carbocycles. The van der Waals surface area contributed by atoms with Crippen LogP contribution in [0.5, 0.6) is 0 Å². The van der Waals surface area contributed by atoms with E-state index in [0.717, 1.165) is 0 Å². The number of rotatable bonds is 4. The number of nitrogens with one attached hydrogen (secondary N) is 2. The molecule has 1 aliphatic rings. The second-order valence-electron chi connectivity index (χ2n) is 3.41. The van der Waals surface area contributed by atoms with Crippen molar-refractivity contribution in [1.29, 1.82) is 5.26 Å². The number of carbonyl (C=O) groups is 1. The lowest BCUT2D eigenvalue weighted by Gasteiger charge is -2.27. The van der Waals surface area contributed by atoms with E-state index in [0.29, 0.717) is 12.8 Å². The van der Waals surface area contributed by atoms with Gasteiger partial charge in [-0.05, 0) is 12.8 Å². The number of hydrogen-bond acceptors (Lipinski definition) is 5. The molecule has 16 heavy (non-hydrogen) atoms. The number of alkyl halides is 2. The minimum atomic E-state index is -4.24. The maximum atomic E-state index is 12.5. The standard InChI is InChI=1S/C8H11F2N3O3/c9-8(10,7(14)15)16-13-6-2-1-5(3-11)12-4-6/h5-6,12-13H,1-2,4H2,(H,14,15)/t5-,6+/m0/s1. The van der Waals surface area contributed by atoms with Crippen LogP contribution in [0.25, 0.3) is 0 Å². The number of hydroxylamine groups is 1. The molecule has 0 spiro atoms. The van der Waals surface area contributed by atoms with Crippen molar-refractivity contribution in [2.75, 3.05) is 6.54 Å². The number of carboxylic acids is 1. The molecule has 0 aromatic heterocycles. The first kappa shape index (κ1) is 12.8. The SMILES string of the molecule is N#C[C@@H]1CC[C@@H](NOC(F)(F)C(=O)O)CN1. The van der Waals surface area contributed by atoms with Crippen molar-refractivity contribution in [2.24, 2.45) is 0 Å². The highest BCUT2D eigenvalue weighted by molar-refractivity contribution is 5.73. The van der Waals surface area contributed by atoms with Crippen molar-refractivity contribution in [1.82, 2.24) is 10.8 Å². The van der Waals surface area contributed by atoms with Crippen molar-refractivity contribution < 1.29 is 23.5 Å². The lowest BCUT2D eigenvalue weighted by atomic mass is 10.0. The number of nitrogens with zero attached hydrogens (tertiary/aromatic N) is 1. The predicted molar refractivity (Wildman–Crippen MR) is 47.2 cm³/mol. The molecule has 3 N–H and O–H groups in total. The highest BCUT2D eigenvalue weighted by Crippen LogP contribution is 2.15. The number of carboxylic acid groups (broad SMARTS) is 1. The van der Waals surface area contributed by atoms with Gasteiger partial charge in [0.05, 0.1) is 12.1 Å². The van der Waals surface area contributed by atoms with Crippen LogP contribution in [-0.4, -0.2) is 35.8 Å². The van der Waals surface area contributed by atoms with Crippen molar-refractivity contribution in [3.05, 3.63) is 0 Å². The second-order valence-corrected chi connectivity index (χ2v) is 3.41. The lowest BCUT2D eigenvalue weighted by molar-refractivity contribution is -0.274. The number of piperidine rings is 1. The van der Waals surface area contributed by atoms with Gasteiger partial charge in [0.2, 0.25) is 0 Å². The summed E-state index contributed by atoms with van der Waals surface area (Å²) >= 11 is 0. The van der Waals surface area contributed by atoms with Gasteiger partial charge in [0.25, 0.3) is 0 Å². The van der Waals surface area contributed by atoms with Crippen LogP contribution in [0.4, 0.5) is 8.78 Å². The minimum Gasteiger partial charge on any atom is -0.475 e. The summed E-state index contributed by atoms with van der Waals surface area (Å²) in [5.41, 5.74) is 1.99. The molecular weight excluding hydrogens is 224 g/mol. The van der Waals surface area contributed by atoms with Gasteiger partial charge in [-0.1, -0.05) is 0 Å². The fourth-order valence-electron chi connectivity index (χ4n) is 1.27. The molecule has 0 unspecified atom stereocenters. The first-order chi connectivity index (χ1) is 7.45. The molecule has 2 atom stereocenters. The van der Waals surface area contributed by atoms with Gasteiger partial charge in [-0.3, -0.25) is 0 Å². The largest absolute Gasteiger partial charge is 0.475 e. The molecule has 0 bridgehead atoms. The topological polar surface area (TPSA) is 94.4 Å². The van der Waals surface area contributed by atoms with Crippen LogP contribution >= 0.6 is 0 Å². The van der Waals surface area contributed by atoms with Gasteiger partial charge in [-0.2, -0.15) is 19.5 Å². The van der Waals surface area contributed by atoms with E-state index < -0.39 is 18.1 Å². The molecule has 0 aliphatic carbocycles. The zero-order chi connectivity index (χ0) is 12.2. The van der Waals surface area contributed by atoms with Crippen LogP contribution in [0.2, 0.25) is 0 Å². The maximum Gasteiger partial charge on any atom is 0.471 e. The van der Waals surface area contributed by atoms with E-state index in [2.05, 4.69) is 10.2 Å². The van der Waals surface area contributed by atoms with Crippen LogP contribution in [0, 0.1) is 11.3 Å². The smallest absolute Gasteiger partial charge is 0.471 e. The van der Waals surface area contributed by atoms with Crippen LogP contribution in [-0.2, 0) is 9.63 Å². The zero-order valence-corrected chi connectivity index (χ0v) is 8.24. The Balaban J connectivity index is 2.30. The van der Waals surface area contributed by atoms with E-state index in [9.17, 15) is 13.6 Å². The molecule has 90 valence electrons. The second kappa shape index (κ2) is 5.16. The summed E-state index contributed by atoms with van der Waals surface area (Å²) in [5.74, 6) is -2.35. The summed E-state index contributed by atoms with van der Waals surface area (Å²) < 4.78 is 25.0. The van der Waals surface area contributed by atoms with Gasteiger partial charge >= 0.3 is 12.1 Å². The monoisotopic (exact) mass is 235 g/mol. The maximum absolute atomic E-state index is 12.5. The molecule has 1 heterocycles. The molecule has 6 nitrogen and oxygen atoms in total. The Bertz CT molecular complexity index is 297. The van der Waals surface area contributed by atoms with E-state index >= 15 is 0 Å². The van der Waals surface area contributed by atoms with Crippen LogP contribution in [0.15, 0.2) is 0 Å². The van der Waals surface area contributed by atoms with Crippen molar-refractivity contribution in [3.8, 4) is 6.07 Å². The van der Waals surface area contributed by atoms with Gasteiger partial charge < -0.3 is 10.4 Å². The Labute approximate surface area is 90.1 Å². The Morgan fingerprint density at radius 2 is 2.31 bits per heavy atom. The molecule has 1 rings (SSSR count). The number of hydrogen-bond donors (Lipinski definition) is 3. The highest BCUT2D eigenvalue weighted by Gasteiger charge is 2.42. The van der Waals surface area contributed by atoms with Crippen LogP contribution < -0.4 is 10.8 Å². The molecule has 8 heteroatoms. The Hall–Kier alpha value is -1.30. The average Bonchev–Trinajstić information content (AvgIpc) is 2.27. The third-order valence-electron chi connectivity index (χ3n) is 2.17. The summed E-state index contributed by atoms with van der Waals surface area (Å²) in [6.07, 6.45) is -3.29. The van der Waals surface area contributed by atoms with E-state index in [4.69, 9.17) is 10.4 Å². The summed E-state index contributed by atoms with van der Waals surface area (Å²) in [5, 5.41) is 19.4. The molecular formula is C8H11F2N3O3. The van der Waals surface area contributed by atoms with Gasteiger partial charge in [0.15, 0.2) is 0 Å². The minimum absolute atomic E-state index is 0.272. The Kier molecular flexibility index (Phi) is 4.12. The Morgan fingerprint density at radius 1 is 1.62 bits per heavy atom. The highest BCUT2D eigenvalue weighted by atomic mass is 19.3. The number of aliphatic carboxylic acids is 1. The predicted octanol–water partition coefficient (Wildman–Crippen LogP) is -0.171. The molecule has 0 amide bonds. The molecule has 1 fully saturated rings. The molecule has 1 aliphatic heterocycles. The van der Waals surface area contributed by atoms with Crippen molar-refractivity contribution in [3.63, 3.8) is 0 Å². The summed E-state index contributed by atoms with van der Waals surface area (Å²) in [6.45, 7) is 0.272. The summed E-state index contributed by atoms with van der Waals surface area (Å²) in [7, 11) is 0. The van der Waals surface area contributed by atoms with E-state index in [1.165, 1.54) is 0 Å². The first-order valence-corrected chi connectivity index (χ1v) is 4.63. The fraction of sp³-hybridized carbons (Fsp3) is 0.750. The van der Waals surface area contributed by atoms with Gasteiger partial charge in [0.1, 0.15) is 0 Å². The summed E-state index contributed by atoms with van der Waals surface area (Å²) in [4.78, 5) is 13.8. The Morgan fingerprint density at radius 3 is 2.75 bits per heavy atom. The van der Waals surface area contributed by atoms with Crippen molar-refractivity contribution >= 4 is 5.97 Å². The van der Waals surface area contributed by atoms with Gasteiger partial charge in [-0.25, -0.2) is 9.63 Å². The third-order valence-corrected chi connectivity index (χ3v) is 2.17. The quantitative estimate of drug-likeness (QED) is 0.585. The summed E-state index contributed by atoms with van der Waals surface area (Å²) in [6, 6.07) is 1.26. The molecule has 0 aromatic carbocycles. The average molecular weight is 235 g/mol.